The van der Waals surface area contributed by atoms with Crippen molar-refractivity contribution in [1.82, 2.24) is 4.90 Å². The standard InChI is InChI=1S/C16H23FN2O3/c1-18(10-12(20)11-22-2)15-8-5-9-19(16(15)21)14-7-4-3-6-13(14)17/h3-4,6-7,12,15,20H,5,8-11H2,1-2H3. The number of halogens is 1. The predicted molar refractivity (Wildman–Crippen MR) is 82.3 cm³/mol. The number of rotatable bonds is 6. The largest absolute Gasteiger partial charge is 0.389 e. The second-order valence-corrected chi connectivity index (χ2v) is 5.65. The highest BCUT2D eigenvalue weighted by Gasteiger charge is 2.33. The van der Waals surface area contributed by atoms with E-state index in [4.69, 9.17) is 4.74 Å². The summed E-state index contributed by atoms with van der Waals surface area (Å²) in [5, 5.41) is 9.81. The zero-order valence-electron chi connectivity index (χ0n) is 13.0. The molecule has 6 heteroatoms. The summed E-state index contributed by atoms with van der Waals surface area (Å²) in [6.45, 7) is 1.09. The topological polar surface area (TPSA) is 53.0 Å². The average molecular weight is 310 g/mol. The molecule has 1 N–H and O–H groups in total. The molecule has 1 heterocycles. The number of piperidine rings is 1. The summed E-state index contributed by atoms with van der Waals surface area (Å²) in [5.74, 6) is -0.512. The lowest BCUT2D eigenvalue weighted by atomic mass is 10.0. The van der Waals surface area contributed by atoms with E-state index in [2.05, 4.69) is 0 Å². The molecular weight excluding hydrogens is 287 g/mol. The molecule has 1 aromatic carbocycles. The number of anilines is 1. The number of carbonyl (C=O) groups is 1. The van der Waals surface area contributed by atoms with Gasteiger partial charge in [0.1, 0.15) is 5.82 Å². The van der Waals surface area contributed by atoms with E-state index in [0.717, 1.165) is 6.42 Å². The van der Waals surface area contributed by atoms with Crippen molar-refractivity contribution in [2.24, 2.45) is 0 Å². The lowest BCUT2D eigenvalue weighted by Gasteiger charge is -2.37. The second-order valence-electron chi connectivity index (χ2n) is 5.65. The predicted octanol–water partition coefficient (Wildman–Crippen LogP) is 1.26. The van der Waals surface area contributed by atoms with Crippen LogP contribution in [0.25, 0.3) is 0 Å². The van der Waals surface area contributed by atoms with Crippen molar-refractivity contribution in [3.05, 3.63) is 30.1 Å². The Morgan fingerprint density at radius 2 is 2.23 bits per heavy atom. The SMILES string of the molecule is COCC(O)CN(C)C1CCCN(c2ccccc2F)C1=O. The fraction of sp³-hybridized carbons (Fsp3) is 0.562. The molecule has 122 valence electrons. The molecule has 2 rings (SSSR count). The Morgan fingerprint density at radius 3 is 2.91 bits per heavy atom. The fourth-order valence-electron chi connectivity index (χ4n) is 2.88. The molecule has 1 aliphatic rings. The number of hydrogen-bond acceptors (Lipinski definition) is 4. The highest BCUT2D eigenvalue weighted by molar-refractivity contribution is 5.98. The number of likely N-dealkylation sites (N-methyl/N-ethyl adjacent to an activating group) is 1. The first kappa shape index (κ1) is 16.9. The first-order valence-corrected chi connectivity index (χ1v) is 7.47. The van der Waals surface area contributed by atoms with Gasteiger partial charge >= 0.3 is 0 Å². The quantitative estimate of drug-likeness (QED) is 0.859. The number of nitrogens with zero attached hydrogens (tertiary/aromatic N) is 2. The van der Waals surface area contributed by atoms with Crippen molar-refractivity contribution >= 4 is 11.6 Å². The van der Waals surface area contributed by atoms with Gasteiger partial charge in [0.25, 0.3) is 0 Å². The van der Waals surface area contributed by atoms with Crippen molar-refractivity contribution in [3.63, 3.8) is 0 Å². The lowest BCUT2D eigenvalue weighted by molar-refractivity contribution is -0.125. The molecule has 2 atom stereocenters. The third-order valence-corrected chi connectivity index (χ3v) is 3.94. The molecule has 22 heavy (non-hydrogen) atoms. The number of ether oxygens (including phenoxy) is 1. The molecule has 2 unspecified atom stereocenters. The molecule has 0 saturated carbocycles. The zero-order chi connectivity index (χ0) is 16.1. The highest BCUT2D eigenvalue weighted by Crippen LogP contribution is 2.25. The van der Waals surface area contributed by atoms with E-state index in [0.29, 0.717) is 25.2 Å². The van der Waals surface area contributed by atoms with Gasteiger partial charge in [0.05, 0.1) is 24.4 Å². The van der Waals surface area contributed by atoms with Crippen molar-refractivity contribution in [1.29, 1.82) is 0 Å². The number of carbonyl (C=O) groups excluding carboxylic acids is 1. The maximum atomic E-state index is 13.9. The van der Waals surface area contributed by atoms with E-state index in [1.807, 2.05) is 4.90 Å². The van der Waals surface area contributed by atoms with E-state index in [1.165, 1.54) is 18.1 Å². The second kappa shape index (κ2) is 7.67. The summed E-state index contributed by atoms with van der Waals surface area (Å²) in [5.41, 5.74) is 0.322. The van der Waals surface area contributed by atoms with Crippen LogP contribution in [0.3, 0.4) is 0 Å². The molecule has 0 radical (unpaired) electrons. The van der Waals surface area contributed by atoms with Gasteiger partial charge in [-0.25, -0.2) is 4.39 Å². The Labute approximate surface area is 130 Å². The Hall–Kier alpha value is -1.50. The number of methoxy groups -OCH3 is 1. The van der Waals surface area contributed by atoms with Gasteiger partial charge in [-0.05, 0) is 32.0 Å². The van der Waals surface area contributed by atoms with Crippen LogP contribution < -0.4 is 4.90 Å². The summed E-state index contributed by atoms with van der Waals surface area (Å²) in [6, 6.07) is 5.97. The first-order chi connectivity index (χ1) is 10.5. The summed E-state index contributed by atoms with van der Waals surface area (Å²) in [7, 11) is 3.32. The number of amides is 1. The van der Waals surface area contributed by atoms with Crippen LogP contribution in [0.2, 0.25) is 0 Å². The maximum Gasteiger partial charge on any atom is 0.244 e. The summed E-state index contributed by atoms with van der Waals surface area (Å²) >= 11 is 0. The molecule has 1 aromatic rings. The molecule has 1 aliphatic heterocycles. The van der Waals surface area contributed by atoms with Crippen molar-refractivity contribution in [2.45, 2.75) is 25.0 Å². The Morgan fingerprint density at radius 1 is 1.50 bits per heavy atom. The van der Waals surface area contributed by atoms with Crippen molar-refractivity contribution < 1.29 is 19.0 Å². The van der Waals surface area contributed by atoms with Gasteiger partial charge < -0.3 is 14.7 Å². The molecule has 0 aliphatic carbocycles. The number of para-hydroxylation sites is 1. The Bertz CT molecular complexity index is 512. The molecule has 5 nitrogen and oxygen atoms in total. The van der Waals surface area contributed by atoms with E-state index in [9.17, 15) is 14.3 Å². The van der Waals surface area contributed by atoms with Crippen LogP contribution in [-0.4, -0.2) is 61.9 Å². The third kappa shape index (κ3) is 3.82. The Balaban J connectivity index is 2.08. The van der Waals surface area contributed by atoms with Gasteiger partial charge in [-0.2, -0.15) is 0 Å². The van der Waals surface area contributed by atoms with Crippen molar-refractivity contribution in [2.75, 3.05) is 38.8 Å². The van der Waals surface area contributed by atoms with Crippen molar-refractivity contribution in [3.8, 4) is 0 Å². The van der Waals surface area contributed by atoms with E-state index in [-0.39, 0.29) is 18.6 Å². The summed E-state index contributed by atoms with van der Waals surface area (Å²) < 4.78 is 18.8. The first-order valence-electron chi connectivity index (χ1n) is 7.47. The van der Waals surface area contributed by atoms with Gasteiger partial charge in [-0.3, -0.25) is 9.69 Å². The molecule has 1 amide bonds. The number of hydrogen-bond donors (Lipinski definition) is 1. The van der Waals surface area contributed by atoms with Crippen LogP contribution in [0, 0.1) is 5.82 Å². The minimum atomic E-state index is -0.647. The molecule has 0 bridgehead atoms. The maximum absolute atomic E-state index is 13.9. The van der Waals surface area contributed by atoms with Gasteiger partial charge in [0, 0.05) is 20.2 Å². The smallest absolute Gasteiger partial charge is 0.244 e. The molecule has 0 aromatic heterocycles. The van der Waals surface area contributed by atoms with Gasteiger partial charge in [0.15, 0.2) is 0 Å². The molecular formula is C16H23FN2O3. The van der Waals surface area contributed by atoms with Gasteiger partial charge in [0.2, 0.25) is 5.91 Å². The molecule has 0 spiro atoms. The van der Waals surface area contributed by atoms with E-state index < -0.39 is 11.9 Å². The van der Waals surface area contributed by atoms with E-state index in [1.54, 1.807) is 25.2 Å². The number of aliphatic hydroxyl groups excluding tert-OH is 1. The van der Waals surface area contributed by atoms with Crippen LogP contribution in [0.5, 0.6) is 0 Å². The van der Waals surface area contributed by atoms with Crippen LogP contribution in [0.1, 0.15) is 12.8 Å². The van der Waals surface area contributed by atoms with Crippen LogP contribution in [0.15, 0.2) is 24.3 Å². The molecule has 1 saturated heterocycles. The lowest BCUT2D eigenvalue weighted by Crippen LogP contribution is -2.53. The van der Waals surface area contributed by atoms with Gasteiger partial charge in [-0.15, -0.1) is 0 Å². The number of aliphatic hydroxyl groups is 1. The zero-order valence-corrected chi connectivity index (χ0v) is 13.0. The van der Waals surface area contributed by atoms with E-state index >= 15 is 0 Å². The molecule has 1 fully saturated rings. The fourth-order valence-corrected chi connectivity index (χ4v) is 2.88. The monoisotopic (exact) mass is 310 g/mol. The minimum absolute atomic E-state index is 0.122. The summed E-state index contributed by atoms with van der Waals surface area (Å²) in [4.78, 5) is 16.0. The normalized spacial score (nSPS) is 20.5. The number of benzene rings is 1. The van der Waals surface area contributed by atoms with Gasteiger partial charge in [-0.1, -0.05) is 12.1 Å². The highest BCUT2D eigenvalue weighted by atomic mass is 19.1. The summed E-state index contributed by atoms with van der Waals surface area (Å²) in [6.07, 6.45) is 0.863. The Kier molecular flexibility index (Phi) is 5.88. The minimum Gasteiger partial charge on any atom is -0.389 e. The average Bonchev–Trinajstić information content (AvgIpc) is 2.48. The van der Waals surface area contributed by atoms with Crippen LogP contribution in [-0.2, 0) is 9.53 Å². The van der Waals surface area contributed by atoms with Crippen LogP contribution >= 0.6 is 0 Å². The third-order valence-electron chi connectivity index (χ3n) is 3.94. The van der Waals surface area contributed by atoms with Crippen LogP contribution in [0.4, 0.5) is 10.1 Å².